The van der Waals surface area contributed by atoms with E-state index < -0.39 is 0 Å². The highest BCUT2D eigenvalue weighted by molar-refractivity contribution is 6.09. The second kappa shape index (κ2) is 8.22. The molecule has 1 aliphatic rings. The monoisotopic (exact) mass is 382 g/mol. The van der Waals surface area contributed by atoms with Gasteiger partial charge in [0.1, 0.15) is 23.2 Å². The smallest absolute Gasteiger partial charge is 0.229 e. The Morgan fingerprint density at radius 1 is 1.21 bits per heavy atom. The Balaban J connectivity index is 1.89. The summed E-state index contributed by atoms with van der Waals surface area (Å²) >= 11 is 0. The van der Waals surface area contributed by atoms with Crippen molar-refractivity contribution in [3.8, 4) is 5.75 Å². The van der Waals surface area contributed by atoms with Gasteiger partial charge in [-0.25, -0.2) is 4.98 Å². The number of nitrogens with one attached hydrogen (secondary N) is 4. The van der Waals surface area contributed by atoms with Gasteiger partial charge in [-0.15, -0.1) is 0 Å². The Kier molecular flexibility index (Phi) is 5.74. The minimum absolute atomic E-state index is 0.250. The first-order chi connectivity index (χ1) is 13.4. The molecular formula is C19H26N8O. The predicted octanol–water partition coefficient (Wildman–Crippen LogP) is 2.13. The number of ether oxygens (including phenoxy) is 1. The lowest BCUT2D eigenvalue weighted by Gasteiger charge is -2.34. The molecule has 0 amide bonds. The van der Waals surface area contributed by atoms with Crippen molar-refractivity contribution in [3.05, 3.63) is 35.5 Å². The van der Waals surface area contributed by atoms with Crippen LogP contribution in [0.1, 0.15) is 11.3 Å². The van der Waals surface area contributed by atoms with Gasteiger partial charge in [0.25, 0.3) is 0 Å². The number of amidine groups is 2. The van der Waals surface area contributed by atoms with Gasteiger partial charge < -0.3 is 20.3 Å². The van der Waals surface area contributed by atoms with Gasteiger partial charge in [0.15, 0.2) is 0 Å². The molecule has 1 aliphatic heterocycles. The second-order valence-electron chi connectivity index (χ2n) is 6.69. The standard InChI is InChI=1S/C19H26N8O/c1-12-9-17(22-2)25-19(23-12)24-13-5-6-15(28-4)14(10-13)18(21)27-8-7-26(3)11-16(27)20/h5-6,9-10,20-21H,7-8,11H2,1-4H3,(H2,22,23,24,25). The number of hydrogen-bond acceptors (Lipinski definition) is 8. The van der Waals surface area contributed by atoms with Crippen LogP contribution in [0.15, 0.2) is 24.3 Å². The summed E-state index contributed by atoms with van der Waals surface area (Å²) in [6.45, 7) is 3.82. The average Bonchev–Trinajstić information content (AvgIpc) is 2.67. The van der Waals surface area contributed by atoms with E-state index in [1.54, 1.807) is 18.1 Å². The highest BCUT2D eigenvalue weighted by Crippen LogP contribution is 2.26. The molecule has 4 N–H and O–H groups in total. The summed E-state index contributed by atoms with van der Waals surface area (Å²) in [7, 11) is 5.36. The first-order valence-electron chi connectivity index (χ1n) is 9.02. The third kappa shape index (κ3) is 4.20. The number of hydrogen-bond donors (Lipinski definition) is 4. The van der Waals surface area contributed by atoms with E-state index in [9.17, 15) is 0 Å². The number of benzene rings is 1. The van der Waals surface area contributed by atoms with Crippen LogP contribution in [0.25, 0.3) is 0 Å². The SMILES string of the molecule is CNc1cc(C)nc(Nc2ccc(OC)c(C(=N)N3CCN(C)CC3=N)c2)n1. The van der Waals surface area contributed by atoms with Crippen LogP contribution in [0.3, 0.4) is 0 Å². The normalized spacial score (nSPS) is 14.7. The van der Waals surface area contributed by atoms with Crippen molar-refractivity contribution < 1.29 is 4.74 Å². The molecule has 1 aromatic carbocycles. The predicted molar refractivity (Wildman–Crippen MR) is 111 cm³/mol. The summed E-state index contributed by atoms with van der Waals surface area (Å²) in [5.41, 5.74) is 2.20. The fraction of sp³-hybridized carbons (Fsp3) is 0.368. The molecule has 28 heavy (non-hydrogen) atoms. The molecule has 0 saturated carbocycles. The summed E-state index contributed by atoms with van der Waals surface area (Å²) < 4.78 is 5.46. The van der Waals surface area contributed by atoms with Crippen LogP contribution >= 0.6 is 0 Å². The Bertz CT molecular complexity index is 897. The molecule has 9 nitrogen and oxygen atoms in total. The molecule has 148 valence electrons. The molecular weight excluding hydrogens is 356 g/mol. The molecule has 2 aromatic rings. The maximum atomic E-state index is 8.66. The van der Waals surface area contributed by atoms with Crippen molar-refractivity contribution in [1.29, 1.82) is 10.8 Å². The summed E-state index contributed by atoms with van der Waals surface area (Å²) in [5.74, 6) is 2.43. The van der Waals surface area contributed by atoms with Crippen LogP contribution in [0.5, 0.6) is 5.75 Å². The number of piperazine rings is 1. The van der Waals surface area contributed by atoms with Crippen LogP contribution < -0.4 is 15.4 Å². The van der Waals surface area contributed by atoms with Crippen molar-refractivity contribution in [1.82, 2.24) is 19.8 Å². The van der Waals surface area contributed by atoms with Crippen LogP contribution in [-0.2, 0) is 0 Å². The van der Waals surface area contributed by atoms with E-state index in [1.807, 2.05) is 39.2 Å². The zero-order valence-corrected chi connectivity index (χ0v) is 16.6. The Morgan fingerprint density at radius 3 is 2.68 bits per heavy atom. The van der Waals surface area contributed by atoms with Crippen molar-refractivity contribution in [2.24, 2.45) is 0 Å². The van der Waals surface area contributed by atoms with E-state index >= 15 is 0 Å². The molecule has 1 aromatic heterocycles. The second-order valence-corrected chi connectivity index (χ2v) is 6.69. The topological polar surface area (TPSA) is 113 Å². The van der Waals surface area contributed by atoms with Gasteiger partial charge in [0.05, 0.1) is 19.2 Å². The molecule has 1 fully saturated rings. The highest BCUT2D eigenvalue weighted by atomic mass is 16.5. The number of nitrogens with zero attached hydrogens (tertiary/aromatic N) is 4. The first-order valence-corrected chi connectivity index (χ1v) is 9.02. The number of aromatic nitrogens is 2. The third-order valence-electron chi connectivity index (χ3n) is 4.54. The van der Waals surface area contributed by atoms with Gasteiger partial charge in [0, 0.05) is 37.6 Å². The molecule has 1 saturated heterocycles. The van der Waals surface area contributed by atoms with Gasteiger partial charge in [0.2, 0.25) is 5.95 Å². The fourth-order valence-corrected chi connectivity index (χ4v) is 3.07. The number of rotatable bonds is 5. The zero-order valence-electron chi connectivity index (χ0n) is 16.6. The summed E-state index contributed by atoms with van der Waals surface area (Å²) in [5, 5.41) is 23.1. The largest absolute Gasteiger partial charge is 0.496 e. The summed E-state index contributed by atoms with van der Waals surface area (Å²) in [6.07, 6.45) is 0. The summed E-state index contributed by atoms with van der Waals surface area (Å²) in [4.78, 5) is 12.6. The van der Waals surface area contributed by atoms with Gasteiger partial charge in [-0.3, -0.25) is 15.7 Å². The molecule has 0 unspecified atom stereocenters. The van der Waals surface area contributed by atoms with Crippen molar-refractivity contribution in [2.75, 3.05) is 51.5 Å². The van der Waals surface area contributed by atoms with Crippen LogP contribution in [0, 0.1) is 17.7 Å². The molecule has 0 aliphatic carbocycles. The van der Waals surface area contributed by atoms with E-state index in [1.165, 1.54) is 0 Å². The van der Waals surface area contributed by atoms with E-state index in [4.69, 9.17) is 15.6 Å². The quantitative estimate of drug-likeness (QED) is 0.463. The lowest BCUT2D eigenvalue weighted by Crippen LogP contribution is -2.51. The molecule has 0 bridgehead atoms. The number of anilines is 3. The van der Waals surface area contributed by atoms with Crippen LogP contribution in [0.4, 0.5) is 17.5 Å². The Labute approximate surface area is 164 Å². The van der Waals surface area contributed by atoms with E-state index in [0.29, 0.717) is 36.2 Å². The van der Waals surface area contributed by atoms with Crippen LogP contribution in [0.2, 0.25) is 0 Å². The Hall–Kier alpha value is -3.20. The summed E-state index contributed by atoms with van der Waals surface area (Å²) in [6, 6.07) is 7.35. The van der Waals surface area contributed by atoms with Crippen LogP contribution in [-0.4, -0.2) is 72.3 Å². The lowest BCUT2D eigenvalue weighted by molar-refractivity contribution is 0.311. The maximum Gasteiger partial charge on any atom is 0.229 e. The third-order valence-corrected chi connectivity index (χ3v) is 4.54. The van der Waals surface area contributed by atoms with E-state index in [0.717, 1.165) is 23.7 Å². The highest BCUT2D eigenvalue weighted by Gasteiger charge is 2.24. The number of likely N-dealkylation sites (N-methyl/N-ethyl adjacent to an activating group) is 1. The first kappa shape index (κ1) is 19.6. The molecule has 2 heterocycles. The average molecular weight is 382 g/mol. The Morgan fingerprint density at radius 2 is 2.00 bits per heavy atom. The van der Waals surface area contributed by atoms with Gasteiger partial charge in [-0.2, -0.15) is 4.98 Å². The van der Waals surface area contributed by atoms with Crippen molar-refractivity contribution in [3.63, 3.8) is 0 Å². The molecule has 0 spiro atoms. The minimum Gasteiger partial charge on any atom is -0.496 e. The van der Waals surface area contributed by atoms with Gasteiger partial charge in [-0.05, 0) is 32.2 Å². The number of aryl methyl sites for hydroxylation is 1. The number of methoxy groups -OCH3 is 1. The van der Waals surface area contributed by atoms with Crippen molar-refractivity contribution >= 4 is 29.1 Å². The van der Waals surface area contributed by atoms with Gasteiger partial charge >= 0.3 is 0 Å². The molecule has 9 heteroatoms. The minimum atomic E-state index is 0.250. The molecule has 0 atom stereocenters. The molecule has 0 radical (unpaired) electrons. The lowest BCUT2D eigenvalue weighted by atomic mass is 10.1. The maximum absolute atomic E-state index is 8.66. The van der Waals surface area contributed by atoms with Gasteiger partial charge in [-0.1, -0.05) is 0 Å². The molecule has 3 rings (SSSR count). The van der Waals surface area contributed by atoms with E-state index in [2.05, 4.69) is 25.5 Å². The van der Waals surface area contributed by atoms with E-state index in [-0.39, 0.29) is 5.84 Å². The fourth-order valence-electron chi connectivity index (χ4n) is 3.07. The zero-order chi connectivity index (χ0) is 20.3. The van der Waals surface area contributed by atoms with Crippen molar-refractivity contribution in [2.45, 2.75) is 6.92 Å².